The van der Waals surface area contributed by atoms with Gasteiger partial charge in [-0.05, 0) is 18.1 Å². The van der Waals surface area contributed by atoms with Crippen LogP contribution in [0.2, 0.25) is 0 Å². The number of carbonyl (C=O) groups is 1. The summed E-state index contributed by atoms with van der Waals surface area (Å²) in [6.07, 6.45) is -4.93. The molecule has 0 spiro atoms. The zero-order valence-corrected chi connectivity index (χ0v) is 17.5. The van der Waals surface area contributed by atoms with E-state index in [0.29, 0.717) is 25.6 Å². The number of carbonyl (C=O) groups excluding carboxylic acids is 1. The number of alkyl halides is 3. The van der Waals surface area contributed by atoms with E-state index in [9.17, 15) is 33.2 Å². The van der Waals surface area contributed by atoms with Crippen LogP contribution in [0, 0.1) is 10.1 Å². The van der Waals surface area contributed by atoms with Gasteiger partial charge in [-0.2, -0.15) is 13.2 Å². The summed E-state index contributed by atoms with van der Waals surface area (Å²) in [7, 11) is 1.56. The Morgan fingerprint density at radius 3 is 2.53 bits per heavy atom. The fourth-order valence-corrected chi connectivity index (χ4v) is 3.88. The summed E-state index contributed by atoms with van der Waals surface area (Å²) >= 11 is 0. The Morgan fingerprint density at radius 1 is 1.28 bits per heavy atom. The van der Waals surface area contributed by atoms with E-state index in [1.54, 1.807) is 7.05 Å². The monoisotopic (exact) mass is 451 g/mol. The molecule has 2 aromatic rings. The van der Waals surface area contributed by atoms with Gasteiger partial charge in [-0.3, -0.25) is 19.8 Å². The van der Waals surface area contributed by atoms with Gasteiger partial charge in [-0.15, -0.1) is 0 Å². The maximum atomic E-state index is 12.9. The average Bonchev–Trinajstić information content (AvgIpc) is 3.17. The molecule has 2 atom stereocenters. The van der Waals surface area contributed by atoms with Crippen molar-refractivity contribution in [2.24, 2.45) is 0 Å². The summed E-state index contributed by atoms with van der Waals surface area (Å²) < 4.78 is 38.7. The van der Waals surface area contributed by atoms with Crippen LogP contribution in [0.5, 0.6) is 0 Å². The standard InChI is InChI=1S/C22H24F3N3O4/c1-26(14-20(15-5-3-2-4-6-15)27-10-9-18(29)13-27)21(30)11-16-7-8-17(22(23,24)25)12-19(16)28(31)32/h2-8,12,18,20,29H,9-11,13-14H2,1H3/t18-,20-/m0/s1. The number of amides is 1. The van der Waals surface area contributed by atoms with E-state index >= 15 is 0 Å². The lowest BCUT2D eigenvalue weighted by atomic mass is 10.0. The van der Waals surface area contributed by atoms with Gasteiger partial charge in [0.05, 0.1) is 29.1 Å². The quantitative estimate of drug-likeness (QED) is 0.515. The molecule has 2 aromatic carbocycles. The van der Waals surface area contributed by atoms with E-state index < -0.39 is 40.8 Å². The van der Waals surface area contributed by atoms with Crippen molar-refractivity contribution >= 4 is 11.6 Å². The fourth-order valence-electron chi connectivity index (χ4n) is 3.88. The maximum Gasteiger partial charge on any atom is 0.416 e. The largest absolute Gasteiger partial charge is 0.416 e. The van der Waals surface area contributed by atoms with Gasteiger partial charge in [0.25, 0.3) is 5.69 Å². The molecule has 0 aromatic heterocycles. The first-order valence-electron chi connectivity index (χ1n) is 10.1. The summed E-state index contributed by atoms with van der Waals surface area (Å²) in [5, 5.41) is 21.2. The van der Waals surface area contributed by atoms with Gasteiger partial charge >= 0.3 is 6.18 Å². The second-order valence-corrected chi connectivity index (χ2v) is 7.91. The minimum atomic E-state index is -4.71. The van der Waals surface area contributed by atoms with Crippen LogP contribution in [0.1, 0.15) is 29.2 Å². The number of benzene rings is 2. The molecule has 0 unspecified atom stereocenters. The van der Waals surface area contributed by atoms with E-state index in [0.717, 1.165) is 17.7 Å². The van der Waals surface area contributed by atoms with Crippen LogP contribution in [0.4, 0.5) is 18.9 Å². The molecular formula is C22H24F3N3O4. The summed E-state index contributed by atoms with van der Waals surface area (Å²) in [6, 6.07) is 11.5. The first-order valence-corrected chi connectivity index (χ1v) is 10.1. The average molecular weight is 451 g/mol. The van der Waals surface area contributed by atoms with Crippen molar-refractivity contribution < 1.29 is 28.0 Å². The van der Waals surface area contributed by atoms with E-state index in [-0.39, 0.29) is 18.2 Å². The second kappa shape index (κ2) is 9.66. The highest BCUT2D eigenvalue weighted by Crippen LogP contribution is 2.33. The van der Waals surface area contributed by atoms with Crippen molar-refractivity contribution in [1.82, 2.24) is 9.80 Å². The third-order valence-corrected chi connectivity index (χ3v) is 5.64. The number of nitrogens with zero attached hydrogens (tertiary/aromatic N) is 3. The Hall–Kier alpha value is -2.98. The number of likely N-dealkylation sites (tertiary alicyclic amines) is 1. The number of β-amino-alcohol motifs (C(OH)–C–C–N with tert-alkyl or cyclic N) is 1. The molecule has 172 valence electrons. The van der Waals surface area contributed by atoms with Crippen LogP contribution in [-0.4, -0.2) is 58.5 Å². The molecule has 0 saturated carbocycles. The molecule has 0 radical (unpaired) electrons. The molecule has 7 nitrogen and oxygen atoms in total. The van der Waals surface area contributed by atoms with E-state index in [2.05, 4.69) is 4.90 Å². The van der Waals surface area contributed by atoms with Gasteiger partial charge in [-0.25, -0.2) is 0 Å². The number of nitro benzene ring substituents is 1. The molecule has 1 heterocycles. The Labute approximate surface area is 183 Å². The lowest BCUT2D eigenvalue weighted by Gasteiger charge is -2.32. The van der Waals surface area contributed by atoms with E-state index in [4.69, 9.17) is 0 Å². The van der Waals surface area contributed by atoms with Gasteiger partial charge in [0.1, 0.15) is 0 Å². The smallest absolute Gasteiger partial charge is 0.392 e. The number of aliphatic hydroxyl groups excluding tert-OH is 1. The van der Waals surface area contributed by atoms with Crippen molar-refractivity contribution in [1.29, 1.82) is 0 Å². The van der Waals surface area contributed by atoms with Crippen molar-refractivity contribution in [3.8, 4) is 0 Å². The molecule has 1 fully saturated rings. The zero-order valence-electron chi connectivity index (χ0n) is 17.5. The van der Waals surface area contributed by atoms with Crippen LogP contribution in [0.25, 0.3) is 0 Å². The van der Waals surface area contributed by atoms with Gasteiger partial charge in [0.2, 0.25) is 5.91 Å². The number of aliphatic hydroxyl groups is 1. The number of rotatable bonds is 7. The first kappa shape index (κ1) is 23.7. The summed E-state index contributed by atoms with van der Waals surface area (Å²) in [4.78, 5) is 26.7. The number of hydrogen-bond acceptors (Lipinski definition) is 5. The third kappa shape index (κ3) is 5.63. The minimum Gasteiger partial charge on any atom is -0.392 e. The molecular weight excluding hydrogens is 427 g/mol. The number of likely N-dealkylation sites (N-methyl/N-ethyl adjacent to an activating group) is 1. The normalized spacial score (nSPS) is 17.8. The molecule has 0 aliphatic carbocycles. The molecule has 1 aliphatic heterocycles. The fraction of sp³-hybridized carbons (Fsp3) is 0.409. The Kier molecular flexibility index (Phi) is 7.15. The molecule has 32 heavy (non-hydrogen) atoms. The highest BCUT2D eigenvalue weighted by Gasteiger charge is 2.34. The lowest BCUT2D eigenvalue weighted by molar-refractivity contribution is -0.385. The van der Waals surface area contributed by atoms with Crippen molar-refractivity contribution in [3.05, 3.63) is 75.3 Å². The molecule has 1 aliphatic rings. The Morgan fingerprint density at radius 2 is 1.97 bits per heavy atom. The number of hydrogen-bond donors (Lipinski definition) is 1. The summed E-state index contributed by atoms with van der Waals surface area (Å²) in [6.45, 7) is 1.39. The highest BCUT2D eigenvalue weighted by molar-refractivity contribution is 5.79. The van der Waals surface area contributed by atoms with Gasteiger partial charge in [-0.1, -0.05) is 36.4 Å². The topological polar surface area (TPSA) is 86.9 Å². The van der Waals surface area contributed by atoms with Crippen LogP contribution in [0.15, 0.2) is 48.5 Å². The number of halogens is 3. The summed E-state index contributed by atoms with van der Waals surface area (Å²) in [5.74, 6) is -0.450. The van der Waals surface area contributed by atoms with Gasteiger partial charge < -0.3 is 10.0 Å². The van der Waals surface area contributed by atoms with Gasteiger partial charge in [0.15, 0.2) is 0 Å². The molecule has 1 saturated heterocycles. The highest BCUT2D eigenvalue weighted by atomic mass is 19.4. The second-order valence-electron chi connectivity index (χ2n) is 7.91. The third-order valence-electron chi connectivity index (χ3n) is 5.64. The Balaban J connectivity index is 1.78. The van der Waals surface area contributed by atoms with E-state index in [1.807, 2.05) is 30.3 Å². The molecule has 1 amide bonds. The maximum absolute atomic E-state index is 12.9. The minimum absolute atomic E-state index is 0.0762. The van der Waals surface area contributed by atoms with Crippen molar-refractivity contribution in [2.75, 3.05) is 26.7 Å². The van der Waals surface area contributed by atoms with Crippen LogP contribution in [-0.2, 0) is 17.4 Å². The molecule has 1 N–H and O–H groups in total. The zero-order chi connectivity index (χ0) is 23.5. The predicted octanol–water partition coefficient (Wildman–Crippen LogP) is 3.42. The van der Waals surface area contributed by atoms with Crippen molar-refractivity contribution in [3.63, 3.8) is 0 Å². The van der Waals surface area contributed by atoms with E-state index in [1.165, 1.54) is 4.90 Å². The van der Waals surface area contributed by atoms with Crippen LogP contribution in [0.3, 0.4) is 0 Å². The van der Waals surface area contributed by atoms with Crippen molar-refractivity contribution in [2.45, 2.75) is 31.2 Å². The van der Waals surface area contributed by atoms with Crippen LogP contribution < -0.4 is 0 Å². The number of nitro groups is 1. The molecule has 10 heteroatoms. The van der Waals surface area contributed by atoms with Gasteiger partial charge in [0, 0.05) is 38.3 Å². The predicted molar refractivity (Wildman–Crippen MR) is 111 cm³/mol. The SMILES string of the molecule is CN(C[C@@H](c1ccccc1)N1CC[C@H](O)C1)C(=O)Cc1ccc(C(F)(F)F)cc1[N+](=O)[O-]. The first-order chi connectivity index (χ1) is 15.1. The molecule has 0 bridgehead atoms. The Bertz CT molecular complexity index is 969. The van der Waals surface area contributed by atoms with Crippen LogP contribution >= 0.6 is 0 Å². The molecule has 3 rings (SSSR count). The lowest BCUT2D eigenvalue weighted by Crippen LogP contribution is -2.39. The summed E-state index contributed by atoms with van der Waals surface area (Å²) in [5.41, 5.74) is -0.983.